The maximum absolute atomic E-state index is 13.6. The van der Waals surface area contributed by atoms with Crippen LogP contribution < -0.4 is 14.6 Å². The molecule has 11 nitrogen and oxygen atoms in total. The monoisotopic (exact) mass is 876 g/mol. The third-order valence-electron chi connectivity index (χ3n) is 14.2. The first-order valence-electron chi connectivity index (χ1n) is 21.0. The quantitative estimate of drug-likeness (QED) is 0.0449. The number of para-hydroxylation sites is 2. The van der Waals surface area contributed by atoms with Crippen molar-refractivity contribution in [1.29, 1.82) is 0 Å². The minimum absolute atomic E-state index is 0.0254. The number of amides is 1. The fraction of sp³-hybridized carbons (Fsp3) is 0.468. The molecular weight excluding hydrogens is 826 g/mol. The largest absolute Gasteiger partial charge is 0.741 e. The molecule has 1 N–H and O–H groups in total. The average molecular weight is 877 g/mol. The number of hydrogen-bond donors (Lipinski definition) is 1. The van der Waals surface area contributed by atoms with Crippen LogP contribution >= 0.6 is 0 Å². The number of nitrogens with zero attached hydrogens (tertiary/aromatic N) is 1. The van der Waals surface area contributed by atoms with Gasteiger partial charge in [0.2, 0.25) is 16.9 Å². The Hall–Kier alpha value is -4.99. The molecule has 330 valence electrons. The first kappa shape index (κ1) is 45.0. The number of ether oxygens (including phenoxy) is 2. The summed E-state index contributed by atoms with van der Waals surface area (Å²) in [6, 6.07) is 23.1. The van der Waals surface area contributed by atoms with Crippen molar-refractivity contribution in [2.45, 2.75) is 83.8 Å². The number of rotatable bonds is 9. The highest BCUT2D eigenvalue weighted by Crippen LogP contribution is 2.67. The molecule has 0 aliphatic heterocycles. The molecule has 3 saturated carbocycles. The van der Waals surface area contributed by atoms with Crippen LogP contribution in [0.5, 0.6) is 5.75 Å². The molecule has 0 radical (unpaired) electrons. The van der Waals surface area contributed by atoms with Crippen molar-refractivity contribution in [3.05, 3.63) is 95.6 Å². The predicted molar refractivity (Wildman–Crippen MR) is 223 cm³/mol. The smallest absolute Gasteiger partial charge is 0.485 e. The van der Waals surface area contributed by atoms with E-state index in [-0.39, 0.29) is 52.9 Å². The molecule has 1 heterocycles. The molecule has 0 saturated heterocycles. The standard InChI is InChI=1S/C46H50N2O6.CHF3O3S/c1-28(49)36-19-20-37-33-18-15-30-25-31(50)21-23-45(30,2)43(33)40(26-46(36,37)3)53-27-41(51)47-24-22-29-13-16-32(17-14-29)54-44(52)42-34-9-5-7-11-38(34)48(4)39-12-8-6-10-35(39)42;2-1(3,4)8(5,6)7/h5-14,16-17,25,33,36-37,40,43H,15,18-24,26-27H2,1-4H3;(H,5,6,7)/t33-,36+,37-,40+,43?,45-,46+;/m0./s1. The number of carbonyl (C=O) groups is 4. The zero-order valence-electron chi connectivity index (χ0n) is 35.1. The molecule has 1 aromatic heterocycles. The van der Waals surface area contributed by atoms with Crippen LogP contribution in [0, 0.1) is 34.5 Å². The van der Waals surface area contributed by atoms with Gasteiger partial charge in [-0.2, -0.15) is 17.7 Å². The van der Waals surface area contributed by atoms with Crippen molar-refractivity contribution in [3.8, 4) is 5.75 Å². The van der Waals surface area contributed by atoms with E-state index in [1.54, 1.807) is 19.1 Å². The second-order valence-electron chi connectivity index (χ2n) is 17.7. The van der Waals surface area contributed by atoms with Crippen molar-refractivity contribution in [2.24, 2.45) is 41.5 Å². The number of fused-ring (bicyclic) bond motifs is 7. The predicted octanol–water partition coefficient (Wildman–Crippen LogP) is 7.48. The van der Waals surface area contributed by atoms with Crippen molar-refractivity contribution in [1.82, 2.24) is 5.32 Å². The summed E-state index contributed by atoms with van der Waals surface area (Å²) in [4.78, 5) is 52.2. The molecule has 3 fully saturated rings. The molecule has 4 aliphatic carbocycles. The molecule has 3 aromatic carbocycles. The molecule has 8 rings (SSSR count). The lowest BCUT2D eigenvalue weighted by Crippen LogP contribution is -2.58. The highest BCUT2D eigenvalue weighted by molar-refractivity contribution is 7.86. The number of aromatic nitrogens is 1. The first-order chi connectivity index (χ1) is 29.2. The van der Waals surface area contributed by atoms with Gasteiger partial charge >= 0.3 is 11.5 Å². The molecule has 1 amide bonds. The SMILES string of the molecule is CC(=O)[C@H]1CC[C@H]2[C@@H]3CCC4=CC(=O)CC[C@]4(C)C3[C@H](OCC(=O)NCCc3ccc(OC(=O)c4c5ccccc5[n+](C)c5ccccc45)cc3)C[C@]12C.O=S(=O)([O-])C(F)(F)F. The first-order valence-corrected chi connectivity index (χ1v) is 22.4. The fourth-order valence-corrected chi connectivity index (χ4v) is 11.4. The minimum Gasteiger partial charge on any atom is -0.741 e. The Kier molecular flexibility index (Phi) is 12.6. The molecule has 4 aliphatic rings. The number of allylic oxidation sites excluding steroid dienone is 1. The van der Waals surface area contributed by atoms with Crippen molar-refractivity contribution in [3.63, 3.8) is 0 Å². The van der Waals surface area contributed by atoms with Crippen molar-refractivity contribution in [2.75, 3.05) is 13.2 Å². The Bertz CT molecular complexity index is 2500. The van der Waals surface area contributed by atoms with Crippen LogP contribution in [0.15, 0.2) is 84.4 Å². The van der Waals surface area contributed by atoms with E-state index in [1.165, 1.54) is 5.57 Å². The van der Waals surface area contributed by atoms with Gasteiger partial charge in [0, 0.05) is 31.0 Å². The van der Waals surface area contributed by atoms with Gasteiger partial charge in [-0.15, -0.1) is 0 Å². The van der Waals surface area contributed by atoms with E-state index in [0.29, 0.717) is 42.5 Å². The lowest BCUT2D eigenvalue weighted by atomic mass is 9.46. The second-order valence-corrected chi connectivity index (χ2v) is 19.1. The zero-order valence-corrected chi connectivity index (χ0v) is 35.9. The summed E-state index contributed by atoms with van der Waals surface area (Å²) in [5.41, 5.74) is -1.23. The highest BCUT2D eigenvalue weighted by Gasteiger charge is 2.63. The average Bonchev–Trinajstić information content (AvgIpc) is 3.57. The third kappa shape index (κ3) is 8.67. The number of alkyl halides is 3. The number of hydrogen-bond acceptors (Lipinski definition) is 9. The number of esters is 1. The van der Waals surface area contributed by atoms with Gasteiger partial charge in [0.25, 0.3) is 0 Å². The van der Waals surface area contributed by atoms with E-state index in [0.717, 1.165) is 65.9 Å². The Morgan fingerprint density at radius 1 is 0.919 bits per heavy atom. The minimum atomic E-state index is -6.09. The Morgan fingerprint density at radius 3 is 2.13 bits per heavy atom. The summed E-state index contributed by atoms with van der Waals surface area (Å²) < 4.78 is 73.5. The summed E-state index contributed by atoms with van der Waals surface area (Å²) in [5, 5.41) is 4.71. The zero-order chi connectivity index (χ0) is 44.8. The van der Waals surface area contributed by atoms with Gasteiger partial charge in [0.05, 0.1) is 22.4 Å². The maximum atomic E-state index is 13.6. The molecule has 0 bridgehead atoms. The van der Waals surface area contributed by atoms with Crippen LogP contribution in [0.1, 0.15) is 81.6 Å². The molecule has 4 aromatic rings. The number of halogens is 3. The Morgan fingerprint density at radius 2 is 1.53 bits per heavy atom. The van der Waals surface area contributed by atoms with Crippen LogP contribution in [-0.4, -0.2) is 61.2 Å². The number of Topliss-reactive ketones (excluding diaryl/α,β-unsaturated/α-hetero) is 1. The number of pyridine rings is 1. The molecular formula is C47H51F3N2O9S. The van der Waals surface area contributed by atoms with Gasteiger partial charge < -0.3 is 19.3 Å². The van der Waals surface area contributed by atoms with E-state index in [1.807, 2.05) is 73.8 Å². The summed E-state index contributed by atoms with van der Waals surface area (Å²) in [7, 11) is -4.09. The van der Waals surface area contributed by atoms with E-state index >= 15 is 0 Å². The van der Waals surface area contributed by atoms with Gasteiger partial charge in [-0.1, -0.05) is 55.8 Å². The number of nitrogens with one attached hydrogen (secondary N) is 1. The van der Waals surface area contributed by atoms with Gasteiger partial charge in [-0.05, 0) is 116 Å². The van der Waals surface area contributed by atoms with Crippen LogP contribution in [0.2, 0.25) is 0 Å². The number of aryl methyl sites for hydroxylation is 1. The normalized spacial score (nSPS) is 26.9. The maximum Gasteiger partial charge on any atom is 0.485 e. The van der Waals surface area contributed by atoms with Gasteiger partial charge in [0.15, 0.2) is 15.9 Å². The van der Waals surface area contributed by atoms with E-state index in [2.05, 4.69) is 23.7 Å². The summed E-state index contributed by atoms with van der Waals surface area (Å²) in [5.74, 6) is 1.48. The molecule has 7 atom stereocenters. The van der Waals surface area contributed by atoms with E-state index in [9.17, 15) is 32.3 Å². The van der Waals surface area contributed by atoms with Crippen molar-refractivity contribution < 1.29 is 59.4 Å². The third-order valence-corrected chi connectivity index (χ3v) is 14.8. The Labute approximate surface area is 358 Å². The number of ketones is 2. The van der Waals surface area contributed by atoms with Gasteiger partial charge in [0.1, 0.15) is 25.2 Å². The second kappa shape index (κ2) is 17.3. The summed E-state index contributed by atoms with van der Waals surface area (Å²) in [6.07, 6.45) is 8.41. The van der Waals surface area contributed by atoms with E-state index in [4.69, 9.17) is 22.4 Å². The summed E-state index contributed by atoms with van der Waals surface area (Å²) >= 11 is 0. The van der Waals surface area contributed by atoms with Crippen LogP contribution in [-0.2, 0) is 42.7 Å². The van der Waals surface area contributed by atoms with Crippen LogP contribution in [0.4, 0.5) is 13.2 Å². The lowest BCUT2D eigenvalue weighted by molar-refractivity contribution is -0.617. The fourth-order valence-electron chi connectivity index (χ4n) is 11.4. The molecule has 1 unspecified atom stereocenters. The van der Waals surface area contributed by atoms with Crippen LogP contribution in [0.25, 0.3) is 21.8 Å². The topological polar surface area (TPSA) is 160 Å². The van der Waals surface area contributed by atoms with Gasteiger partial charge in [-0.25, -0.2) is 13.2 Å². The highest BCUT2D eigenvalue weighted by atomic mass is 32.2. The number of benzene rings is 3. The molecule has 0 spiro atoms. The van der Waals surface area contributed by atoms with E-state index < -0.39 is 21.6 Å². The Balaban J connectivity index is 0.000000659. The summed E-state index contributed by atoms with van der Waals surface area (Å²) in [6.45, 7) is 6.74. The van der Waals surface area contributed by atoms with Gasteiger partial charge in [-0.3, -0.25) is 14.4 Å². The van der Waals surface area contributed by atoms with Crippen molar-refractivity contribution >= 4 is 55.4 Å². The lowest BCUT2D eigenvalue weighted by Gasteiger charge is -2.60. The van der Waals surface area contributed by atoms with Crippen LogP contribution in [0.3, 0.4) is 0 Å². The molecule has 15 heteroatoms. The number of carbonyl (C=O) groups excluding carboxylic acids is 4. The molecule has 62 heavy (non-hydrogen) atoms.